The first-order chi connectivity index (χ1) is 29.0. The predicted octanol–water partition coefficient (Wildman–Crippen LogP) is 3.75. The number of nitrogens with one attached hydrogen (secondary N) is 3. The van der Waals surface area contributed by atoms with Crippen LogP contribution in [0.15, 0.2) is 18.2 Å². The fraction of sp³-hybridized carbons (Fsp3) is 0.683. The summed E-state index contributed by atoms with van der Waals surface area (Å²) in [6.07, 6.45) is -9.61. The summed E-state index contributed by atoms with van der Waals surface area (Å²) in [5.74, 6) is -6.26. The molecule has 0 spiro atoms. The first kappa shape index (κ1) is 48.8. The highest BCUT2D eigenvalue weighted by atomic mass is 35.5. The van der Waals surface area contributed by atoms with E-state index in [2.05, 4.69) is 16.0 Å². The molecule has 4 aliphatic rings. The van der Waals surface area contributed by atoms with E-state index < -0.39 is 134 Å². The predicted molar refractivity (Wildman–Crippen MR) is 217 cm³/mol. The molecular formula is C41H54Cl2F5N7O7. The Labute approximate surface area is 366 Å². The van der Waals surface area contributed by atoms with E-state index in [-0.39, 0.29) is 56.0 Å². The number of carbonyl (C=O) groups excluding carboxylic acids is 7. The molecule has 8 atom stereocenters. The van der Waals surface area contributed by atoms with Crippen molar-refractivity contribution < 1.29 is 55.5 Å². The zero-order valence-corrected chi connectivity index (χ0v) is 36.7. The summed E-state index contributed by atoms with van der Waals surface area (Å²) < 4.78 is 71.0. The van der Waals surface area contributed by atoms with Crippen molar-refractivity contribution in [3.05, 3.63) is 33.8 Å². The van der Waals surface area contributed by atoms with Crippen LogP contribution in [0.2, 0.25) is 10.0 Å². The van der Waals surface area contributed by atoms with E-state index in [1.165, 1.54) is 39.2 Å². The van der Waals surface area contributed by atoms with Crippen LogP contribution in [0.5, 0.6) is 0 Å². The van der Waals surface area contributed by atoms with Gasteiger partial charge in [-0.1, -0.05) is 37.0 Å². The molecular weight excluding hydrogens is 868 g/mol. The minimum atomic E-state index is -4.89. The number of carbonyl (C=O) groups is 7. The van der Waals surface area contributed by atoms with E-state index in [0.717, 1.165) is 14.7 Å². The van der Waals surface area contributed by atoms with Crippen LogP contribution in [0.1, 0.15) is 77.7 Å². The third kappa shape index (κ3) is 10.7. The Morgan fingerprint density at radius 2 is 1.63 bits per heavy atom. The molecule has 14 nitrogen and oxygen atoms in total. The molecule has 0 radical (unpaired) electrons. The summed E-state index contributed by atoms with van der Waals surface area (Å²) in [6.45, 7) is 3.82. The summed E-state index contributed by atoms with van der Waals surface area (Å²) in [5, 5.41) is 8.40. The highest BCUT2D eigenvalue weighted by molar-refractivity contribution is 6.33. The van der Waals surface area contributed by atoms with Crippen LogP contribution < -0.4 is 16.0 Å². The van der Waals surface area contributed by atoms with Gasteiger partial charge in [0, 0.05) is 49.9 Å². The summed E-state index contributed by atoms with van der Waals surface area (Å²) in [5.41, 5.74) is -2.30. The summed E-state index contributed by atoms with van der Waals surface area (Å²) >= 11 is 12.8. The van der Waals surface area contributed by atoms with Crippen LogP contribution in [0.4, 0.5) is 22.0 Å². The Kier molecular flexibility index (Phi) is 15.4. The number of amides is 7. The molecule has 1 aromatic rings. The van der Waals surface area contributed by atoms with Gasteiger partial charge in [0.25, 0.3) is 0 Å². The lowest BCUT2D eigenvalue weighted by molar-refractivity contribution is -0.199. The van der Waals surface area contributed by atoms with Crippen molar-refractivity contribution in [2.24, 2.45) is 11.3 Å². The molecule has 7 amide bonds. The number of hydrogen-bond acceptors (Lipinski definition) is 7. The van der Waals surface area contributed by atoms with Gasteiger partial charge in [-0.25, -0.2) is 8.78 Å². The lowest BCUT2D eigenvalue weighted by atomic mass is 9.98. The van der Waals surface area contributed by atoms with Gasteiger partial charge in [0.1, 0.15) is 54.0 Å². The Hall–Kier alpha value is -4.26. The van der Waals surface area contributed by atoms with Gasteiger partial charge in [-0.05, 0) is 75.1 Å². The number of likely N-dealkylation sites (N-methyl/N-ethyl adjacent to an activating group) is 2. The zero-order chi connectivity index (χ0) is 46.0. The molecule has 1 aliphatic carbocycles. The third-order valence-electron chi connectivity index (χ3n) is 12.2. The average molecular weight is 923 g/mol. The Morgan fingerprint density at radius 1 is 0.968 bits per heavy atom. The molecule has 5 rings (SSSR count). The first-order valence-electron chi connectivity index (χ1n) is 20.8. The fourth-order valence-corrected chi connectivity index (χ4v) is 8.92. The minimum absolute atomic E-state index is 0.00646. The number of alkyl halides is 5. The first-order valence-corrected chi connectivity index (χ1v) is 21.5. The minimum Gasteiger partial charge on any atom is -0.354 e. The number of benzene rings is 1. The van der Waals surface area contributed by atoms with Gasteiger partial charge in [0.05, 0.1) is 13.1 Å². The van der Waals surface area contributed by atoms with Crippen molar-refractivity contribution >= 4 is 64.6 Å². The topological polar surface area (TPSA) is 169 Å². The van der Waals surface area contributed by atoms with Crippen molar-refractivity contribution in [2.75, 3.05) is 33.7 Å². The fourth-order valence-electron chi connectivity index (χ4n) is 8.53. The molecule has 3 N–H and O–H groups in total. The van der Waals surface area contributed by atoms with E-state index in [1.54, 1.807) is 13.8 Å². The van der Waals surface area contributed by atoms with E-state index in [4.69, 9.17) is 23.2 Å². The summed E-state index contributed by atoms with van der Waals surface area (Å²) in [7, 11) is 2.63. The van der Waals surface area contributed by atoms with Crippen molar-refractivity contribution in [1.29, 1.82) is 0 Å². The van der Waals surface area contributed by atoms with Crippen molar-refractivity contribution in [1.82, 2.24) is 35.6 Å². The number of halogens is 7. The van der Waals surface area contributed by atoms with Crippen LogP contribution in [-0.4, -0.2) is 149 Å². The average Bonchev–Trinajstić information content (AvgIpc) is 3.81. The van der Waals surface area contributed by atoms with Crippen molar-refractivity contribution in [2.45, 2.75) is 133 Å². The number of likely N-dealkylation sites (tertiary alicyclic amines) is 1. The second-order valence-electron chi connectivity index (χ2n) is 17.3. The smallest absolute Gasteiger partial charge is 0.354 e. The summed E-state index contributed by atoms with van der Waals surface area (Å²) in [6, 6.07) is -3.51. The largest absolute Gasteiger partial charge is 0.403 e. The SMILES string of the molecule is CC(C)C[C@@H]1NC(=O)[C@@H](N(C)C(=O)[C@H](C)NC(=O)[C@@H]2C[C@@H](F)CN2C(=O)C2(C(F)(F)F)CC2)CCCCNC(=O)[C@H]2C[C@@H](F)CN2C(=O)[C@H](Cc2cc(Cl)ccc2Cl)N(C)C1=O. The van der Waals surface area contributed by atoms with Gasteiger partial charge >= 0.3 is 6.18 Å². The molecule has 344 valence electrons. The van der Waals surface area contributed by atoms with Crippen molar-refractivity contribution in [3.63, 3.8) is 0 Å². The van der Waals surface area contributed by atoms with Gasteiger partial charge in [-0.15, -0.1) is 0 Å². The zero-order valence-electron chi connectivity index (χ0n) is 35.2. The third-order valence-corrected chi connectivity index (χ3v) is 12.8. The monoisotopic (exact) mass is 921 g/mol. The molecule has 21 heteroatoms. The molecule has 1 aromatic carbocycles. The Bertz CT molecular complexity index is 1910. The number of hydrogen-bond donors (Lipinski definition) is 3. The molecule has 0 bridgehead atoms. The maximum atomic E-state index is 15.0. The van der Waals surface area contributed by atoms with Gasteiger partial charge in [0.2, 0.25) is 41.4 Å². The second kappa shape index (κ2) is 19.6. The molecule has 4 fully saturated rings. The lowest BCUT2D eigenvalue weighted by Crippen LogP contribution is -2.60. The van der Waals surface area contributed by atoms with Crippen LogP contribution >= 0.6 is 23.2 Å². The highest BCUT2D eigenvalue weighted by Crippen LogP contribution is 2.59. The van der Waals surface area contributed by atoms with Crippen molar-refractivity contribution in [3.8, 4) is 0 Å². The molecule has 3 heterocycles. The molecule has 0 unspecified atom stereocenters. The molecule has 3 saturated heterocycles. The maximum Gasteiger partial charge on any atom is 0.403 e. The molecule has 1 saturated carbocycles. The van der Waals surface area contributed by atoms with E-state index >= 15 is 4.39 Å². The molecule has 62 heavy (non-hydrogen) atoms. The number of nitrogens with zero attached hydrogens (tertiary/aromatic N) is 4. The normalized spacial score (nSPS) is 28.0. The quantitative estimate of drug-likeness (QED) is 0.318. The Balaban J connectivity index is 1.40. The van der Waals surface area contributed by atoms with Crippen LogP contribution in [0.3, 0.4) is 0 Å². The Morgan fingerprint density at radius 3 is 2.26 bits per heavy atom. The molecule has 0 aromatic heterocycles. The van der Waals surface area contributed by atoms with E-state index in [1.807, 2.05) is 0 Å². The van der Waals surface area contributed by atoms with Gasteiger partial charge in [-0.3, -0.25) is 33.6 Å². The number of rotatable bonds is 9. The summed E-state index contributed by atoms with van der Waals surface area (Å²) in [4.78, 5) is 101. The van der Waals surface area contributed by atoms with Gasteiger partial charge in [0.15, 0.2) is 0 Å². The maximum absolute atomic E-state index is 15.0. The van der Waals surface area contributed by atoms with E-state index in [9.17, 15) is 51.1 Å². The van der Waals surface area contributed by atoms with E-state index in [0.29, 0.717) is 15.5 Å². The standard InChI is InChI=1S/C41H54Cl2F5N7O7/c1-21(2)14-28-37(60)53(5)32(16-23-15-24(42)9-10-27(23)43)38(61)54-19-25(44)17-30(54)33(56)49-13-7-6-8-29(34(57)51-28)52(4)36(59)22(3)50-35(58)31-18-26(45)20-55(31)39(62)40(11-12-40)41(46,47)48/h9-10,15,21-22,25-26,28-32H,6-8,11-14,16-20H2,1-5H3,(H,49,56)(H,50,58)(H,51,57)/t22-,25+,26+,28-,29-,30+,31-,32-/m0/s1. The van der Waals surface area contributed by atoms with Crippen LogP contribution in [0.25, 0.3) is 0 Å². The lowest BCUT2D eigenvalue weighted by Gasteiger charge is -2.36. The number of fused-ring (bicyclic) bond motifs is 1. The van der Waals surface area contributed by atoms with Crippen LogP contribution in [-0.2, 0) is 40.0 Å². The second-order valence-corrected chi connectivity index (χ2v) is 18.1. The van der Waals surface area contributed by atoms with Crippen LogP contribution in [0, 0.1) is 11.3 Å². The highest BCUT2D eigenvalue weighted by Gasteiger charge is 2.70. The molecule has 3 aliphatic heterocycles. The van der Waals surface area contributed by atoms with Gasteiger partial charge in [-0.2, -0.15) is 13.2 Å². The van der Waals surface area contributed by atoms with Gasteiger partial charge < -0.3 is 35.6 Å².